The molecule has 1 rings (SSSR count). The summed E-state index contributed by atoms with van der Waals surface area (Å²) in [5.41, 5.74) is -1.64. The van der Waals surface area contributed by atoms with Crippen molar-refractivity contribution in [1.29, 1.82) is 0 Å². The van der Waals surface area contributed by atoms with Crippen molar-refractivity contribution in [2.45, 2.75) is 44.5 Å². The molecule has 0 saturated carbocycles. The highest BCUT2D eigenvalue weighted by atomic mass is 16.4. The van der Waals surface area contributed by atoms with Gasteiger partial charge in [-0.15, -0.1) is 0 Å². The Morgan fingerprint density at radius 2 is 1.92 bits per heavy atom. The Hall–Kier alpha value is -0.380. The van der Waals surface area contributed by atoms with Crippen molar-refractivity contribution >= 4 is 0 Å². The monoisotopic (exact) mass is 172 g/mol. The van der Waals surface area contributed by atoms with Crippen LogP contribution in [0.2, 0.25) is 0 Å². The van der Waals surface area contributed by atoms with Gasteiger partial charge in [0.15, 0.2) is 0 Å². The summed E-state index contributed by atoms with van der Waals surface area (Å²) in [6, 6.07) is 0. The van der Waals surface area contributed by atoms with Gasteiger partial charge < -0.3 is 15.3 Å². The van der Waals surface area contributed by atoms with Gasteiger partial charge in [0.2, 0.25) is 0 Å². The van der Waals surface area contributed by atoms with Crippen LogP contribution in [0, 0.1) is 0 Å². The third-order valence-corrected chi connectivity index (χ3v) is 2.32. The topological polar surface area (TPSA) is 60.7 Å². The molecule has 0 aliphatic heterocycles. The van der Waals surface area contributed by atoms with Gasteiger partial charge in [0.05, 0.1) is 5.60 Å². The fraction of sp³-hybridized carbons (Fsp3) is 0.778. The lowest BCUT2D eigenvalue weighted by Crippen LogP contribution is -2.55. The highest BCUT2D eigenvalue weighted by Gasteiger charge is 2.45. The molecule has 0 bridgehead atoms. The van der Waals surface area contributed by atoms with Crippen LogP contribution in [0.15, 0.2) is 11.6 Å². The molecule has 12 heavy (non-hydrogen) atoms. The number of aliphatic hydroxyl groups is 3. The minimum absolute atomic E-state index is 0.407. The quantitative estimate of drug-likeness (QED) is 0.457. The Balaban J connectivity index is 3.02. The van der Waals surface area contributed by atoms with Crippen LogP contribution in [0.25, 0.3) is 0 Å². The van der Waals surface area contributed by atoms with Crippen molar-refractivity contribution in [3.63, 3.8) is 0 Å². The SMILES string of the molecule is CC1=CC(C)(O)C(O)C(C)(O)C1. The number of hydrogen-bond acceptors (Lipinski definition) is 3. The normalized spacial score (nSPS) is 48.8. The summed E-state index contributed by atoms with van der Waals surface area (Å²) in [7, 11) is 0. The molecule has 3 nitrogen and oxygen atoms in total. The van der Waals surface area contributed by atoms with E-state index in [1.807, 2.05) is 6.92 Å². The second kappa shape index (κ2) is 2.55. The number of aliphatic hydroxyl groups excluding tert-OH is 1. The van der Waals surface area contributed by atoms with Gasteiger partial charge >= 0.3 is 0 Å². The molecule has 0 fully saturated rings. The molecule has 0 aromatic heterocycles. The molecule has 3 N–H and O–H groups in total. The largest absolute Gasteiger partial charge is 0.387 e. The van der Waals surface area contributed by atoms with Crippen LogP contribution in [-0.4, -0.2) is 32.6 Å². The van der Waals surface area contributed by atoms with Crippen molar-refractivity contribution < 1.29 is 15.3 Å². The van der Waals surface area contributed by atoms with E-state index in [1.165, 1.54) is 13.8 Å². The van der Waals surface area contributed by atoms with Crippen LogP contribution in [0.3, 0.4) is 0 Å². The molecule has 0 amide bonds. The zero-order chi connectivity index (χ0) is 9.57. The van der Waals surface area contributed by atoms with E-state index in [9.17, 15) is 15.3 Å². The van der Waals surface area contributed by atoms with E-state index in [1.54, 1.807) is 6.08 Å². The molecule has 1 aliphatic carbocycles. The number of hydrogen-bond donors (Lipinski definition) is 3. The molecule has 0 heterocycles. The lowest BCUT2D eigenvalue weighted by atomic mass is 9.76. The first-order chi connectivity index (χ1) is 5.26. The summed E-state index contributed by atoms with van der Waals surface area (Å²) in [6.07, 6.45) is 0.883. The minimum Gasteiger partial charge on any atom is -0.387 e. The predicted molar refractivity (Wildman–Crippen MR) is 45.6 cm³/mol. The highest BCUT2D eigenvalue weighted by molar-refractivity contribution is 5.21. The molecule has 0 radical (unpaired) electrons. The minimum atomic E-state index is -1.31. The van der Waals surface area contributed by atoms with Crippen molar-refractivity contribution in [2.24, 2.45) is 0 Å². The van der Waals surface area contributed by atoms with E-state index in [0.717, 1.165) is 5.57 Å². The molecule has 70 valence electrons. The second-order valence-electron chi connectivity index (χ2n) is 4.15. The molecule has 0 spiro atoms. The molecule has 3 unspecified atom stereocenters. The van der Waals surface area contributed by atoms with Crippen molar-refractivity contribution in [3.8, 4) is 0 Å². The van der Waals surface area contributed by atoms with Gasteiger partial charge in [-0.3, -0.25) is 0 Å². The molecule has 3 atom stereocenters. The first kappa shape index (κ1) is 9.71. The van der Waals surface area contributed by atoms with E-state index in [2.05, 4.69) is 0 Å². The Kier molecular flexibility index (Phi) is 2.07. The van der Waals surface area contributed by atoms with E-state index in [0.29, 0.717) is 6.42 Å². The summed E-state index contributed by atoms with van der Waals surface area (Å²) in [4.78, 5) is 0. The van der Waals surface area contributed by atoms with Gasteiger partial charge in [0, 0.05) is 0 Å². The van der Waals surface area contributed by atoms with Gasteiger partial charge in [0.1, 0.15) is 11.7 Å². The summed E-state index contributed by atoms with van der Waals surface area (Å²) in [5, 5.41) is 28.9. The van der Waals surface area contributed by atoms with Crippen molar-refractivity contribution in [1.82, 2.24) is 0 Å². The highest BCUT2D eigenvalue weighted by Crippen LogP contribution is 2.33. The average molecular weight is 172 g/mol. The predicted octanol–water partition coefficient (Wildman–Crippen LogP) is 0.199. The molecule has 0 aromatic carbocycles. The maximum atomic E-state index is 9.70. The lowest BCUT2D eigenvalue weighted by molar-refractivity contribution is -0.146. The third-order valence-electron chi connectivity index (χ3n) is 2.32. The van der Waals surface area contributed by atoms with Gasteiger partial charge in [-0.1, -0.05) is 11.6 Å². The van der Waals surface area contributed by atoms with Crippen LogP contribution in [0.4, 0.5) is 0 Å². The molecular weight excluding hydrogens is 156 g/mol. The lowest BCUT2D eigenvalue weighted by Gasteiger charge is -2.41. The molecule has 3 heteroatoms. The fourth-order valence-corrected chi connectivity index (χ4v) is 1.92. The van der Waals surface area contributed by atoms with Gasteiger partial charge in [0.25, 0.3) is 0 Å². The van der Waals surface area contributed by atoms with Crippen molar-refractivity contribution in [3.05, 3.63) is 11.6 Å². The van der Waals surface area contributed by atoms with Gasteiger partial charge in [-0.05, 0) is 27.2 Å². The standard InChI is InChI=1S/C9H16O3/c1-6-4-8(2,11)7(10)9(3,12)5-6/h4,7,10-12H,5H2,1-3H3. The van der Waals surface area contributed by atoms with Gasteiger partial charge in [-0.25, -0.2) is 0 Å². The van der Waals surface area contributed by atoms with Crippen LogP contribution < -0.4 is 0 Å². The maximum absolute atomic E-state index is 9.70. The fourth-order valence-electron chi connectivity index (χ4n) is 1.92. The summed E-state index contributed by atoms with van der Waals surface area (Å²) >= 11 is 0. The van der Waals surface area contributed by atoms with E-state index < -0.39 is 17.3 Å². The Morgan fingerprint density at radius 1 is 1.42 bits per heavy atom. The van der Waals surface area contributed by atoms with Crippen molar-refractivity contribution in [2.75, 3.05) is 0 Å². The van der Waals surface area contributed by atoms with Crippen LogP contribution >= 0.6 is 0 Å². The summed E-state index contributed by atoms with van der Waals surface area (Å²) in [6.45, 7) is 4.85. The third kappa shape index (κ3) is 1.53. The van der Waals surface area contributed by atoms with E-state index >= 15 is 0 Å². The zero-order valence-corrected chi connectivity index (χ0v) is 7.70. The molecule has 0 aromatic rings. The Labute approximate surface area is 72.3 Å². The molecule has 0 saturated heterocycles. The van der Waals surface area contributed by atoms with Crippen LogP contribution in [0.5, 0.6) is 0 Å². The average Bonchev–Trinajstić information content (AvgIpc) is 1.80. The van der Waals surface area contributed by atoms with Gasteiger partial charge in [-0.2, -0.15) is 0 Å². The first-order valence-electron chi connectivity index (χ1n) is 4.07. The Bertz CT molecular complexity index is 216. The maximum Gasteiger partial charge on any atom is 0.115 e. The summed E-state index contributed by atoms with van der Waals surface area (Å²) < 4.78 is 0. The van der Waals surface area contributed by atoms with Crippen LogP contribution in [0.1, 0.15) is 27.2 Å². The second-order valence-corrected chi connectivity index (χ2v) is 4.15. The smallest absolute Gasteiger partial charge is 0.115 e. The number of rotatable bonds is 0. The van der Waals surface area contributed by atoms with E-state index in [4.69, 9.17) is 0 Å². The van der Waals surface area contributed by atoms with E-state index in [-0.39, 0.29) is 0 Å². The first-order valence-corrected chi connectivity index (χ1v) is 4.07. The molecular formula is C9H16O3. The Morgan fingerprint density at radius 3 is 2.33 bits per heavy atom. The zero-order valence-electron chi connectivity index (χ0n) is 7.70. The molecule has 1 aliphatic rings. The van der Waals surface area contributed by atoms with Crippen LogP contribution in [-0.2, 0) is 0 Å². The summed E-state index contributed by atoms with van der Waals surface area (Å²) in [5.74, 6) is 0.